The average Bonchev–Trinajstić information content (AvgIpc) is 3.08. The summed E-state index contributed by atoms with van der Waals surface area (Å²) in [7, 11) is 0. The number of carboxylic acid groups (broad SMARTS) is 1. The minimum Gasteiger partial charge on any atom is -0.478 e. The molecule has 122 valence electrons. The van der Waals surface area contributed by atoms with E-state index in [1.54, 1.807) is 30.3 Å². The van der Waals surface area contributed by atoms with Gasteiger partial charge in [0.05, 0.1) is 17.2 Å². The number of rotatable bonds is 4. The van der Waals surface area contributed by atoms with Crippen LogP contribution in [0, 0.1) is 17.1 Å². The molecule has 0 saturated carbocycles. The highest BCUT2D eigenvalue weighted by Gasteiger charge is 2.09. The van der Waals surface area contributed by atoms with Gasteiger partial charge in [0.1, 0.15) is 17.3 Å². The minimum absolute atomic E-state index is 0.156. The van der Waals surface area contributed by atoms with Gasteiger partial charge in [-0.1, -0.05) is 24.3 Å². The fraction of sp³-hybridized carbons (Fsp3) is 0. The SMILES string of the molecule is N#C/C(=C/c1ccc(-c2cccc(C(=O)O)c2)o1)c1cccc(F)c1. The summed E-state index contributed by atoms with van der Waals surface area (Å²) in [5.74, 6) is -0.557. The fourth-order valence-corrected chi connectivity index (χ4v) is 2.37. The van der Waals surface area contributed by atoms with Gasteiger partial charge in [0.15, 0.2) is 0 Å². The Morgan fingerprint density at radius 3 is 2.56 bits per heavy atom. The molecule has 0 amide bonds. The number of aromatic carboxylic acids is 1. The summed E-state index contributed by atoms with van der Waals surface area (Å²) in [5.41, 5.74) is 1.49. The Balaban J connectivity index is 1.94. The third-order valence-electron chi connectivity index (χ3n) is 3.56. The van der Waals surface area contributed by atoms with Gasteiger partial charge >= 0.3 is 5.97 Å². The highest BCUT2D eigenvalue weighted by molar-refractivity contribution is 5.90. The molecule has 0 aliphatic heterocycles. The number of hydrogen-bond acceptors (Lipinski definition) is 3. The molecule has 1 N–H and O–H groups in total. The number of carboxylic acids is 1. The molecule has 0 aliphatic carbocycles. The van der Waals surface area contributed by atoms with E-state index in [1.165, 1.54) is 36.4 Å². The molecular formula is C20H12FNO3. The van der Waals surface area contributed by atoms with Crippen LogP contribution in [0.3, 0.4) is 0 Å². The first-order valence-electron chi connectivity index (χ1n) is 7.38. The molecule has 0 atom stereocenters. The molecular weight excluding hydrogens is 321 g/mol. The highest BCUT2D eigenvalue weighted by Crippen LogP contribution is 2.26. The maximum atomic E-state index is 13.3. The molecule has 4 nitrogen and oxygen atoms in total. The van der Waals surface area contributed by atoms with E-state index in [0.29, 0.717) is 22.6 Å². The molecule has 3 rings (SSSR count). The zero-order chi connectivity index (χ0) is 17.8. The van der Waals surface area contributed by atoms with Crippen LogP contribution in [0.5, 0.6) is 0 Å². The van der Waals surface area contributed by atoms with E-state index in [4.69, 9.17) is 9.52 Å². The minimum atomic E-state index is -1.02. The lowest BCUT2D eigenvalue weighted by Gasteiger charge is -2.00. The van der Waals surface area contributed by atoms with Gasteiger partial charge < -0.3 is 9.52 Å². The molecule has 0 saturated heterocycles. The molecule has 0 spiro atoms. The van der Waals surface area contributed by atoms with Crippen molar-refractivity contribution < 1.29 is 18.7 Å². The summed E-state index contributed by atoms with van der Waals surface area (Å²) in [5, 5.41) is 18.4. The van der Waals surface area contributed by atoms with Crippen LogP contribution in [-0.2, 0) is 0 Å². The summed E-state index contributed by atoms with van der Waals surface area (Å²) in [6.07, 6.45) is 1.51. The molecule has 0 radical (unpaired) electrons. The number of nitrogens with zero attached hydrogens (tertiary/aromatic N) is 1. The zero-order valence-corrected chi connectivity index (χ0v) is 12.9. The normalized spacial score (nSPS) is 11.1. The first-order valence-corrected chi connectivity index (χ1v) is 7.38. The lowest BCUT2D eigenvalue weighted by molar-refractivity contribution is 0.0697. The lowest BCUT2D eigenvalue weighted by Crippen LogP contribution is -1.95. The zero-order valence-electron chi connectivity index (χ0n) is 12.9. The Morgan fingerprint density at radius 2 is 1.84 bits per heavy atom. The van der Waals surface area contributed by atoms with E-state index in [-0.39, 0.29) is 11.1 Å². The summed E-state index contributed by atoms with van der Waals surface area (Å²) in [6.45, 7) is 0. The van der Waals surface area contributed by atoms with E-state index >= 15 is 0 Å². The van der Waals surface area contributed by atoms with Crippen LogP contribution in [0.1, 0.15) is 21.7 Å². The Bertz CT molecular complexity index is 1010. The van der Waals surface area contributed by atoms with Crippen LogP contribution in [0.2, 0.25) is 0 Å². The lowest BCUT2D eigenvalue weighted by atomic mass is 10.1. The molecule has 3 aromatic rings. The van der Waals surface area contributed by atoms with Crippen molar-refractivity contribution >= 4 is 17.6 Å². The predicted octanol–water partition coefficient (Wildman–Crippen LogP) is 4.85. The van der Waals surface area contributed by atoms with Gasteiger partial charge in [0.25, 0.3) is 0 Å². The van der Waals surface area contributed by atoms with Crippen LogP contribution in [0.25, 0.3) is 23.0 Å². The highest BCUT2D eigenvalue weighted by atomic mass is 19.1. The Hall–Kier alpha value is -3.65. The molecule has 0 fully saturated rings. The van der Waals surface area contributed by atoms with Crippen molar-refractivity contribution in [2.24, 2.45) is 0 Å². The van der Waals surface area contributed by atoms with Crippen molar-refractivity contribution in [2.75, 3.05) is 0 Å². The predicted molar refractivity (Wildman–Crippen MR) is 91.0 cm³/mol. The summed E-state index contributed by atoms with van der Waals surface area (Å²) < 4.78 is 19.0. The molecule has 25 heavy (non-hydrogen) atoms. The number of furan rings is 1. The largest absolute Gasteiger partial charge is 0.478 e. The summed E-state index contributed by atoms with van der Waals surface area (Å²) >= 11 is 0. The molecule has 1 aromatic heterocycles. The number of hydrogen-bond donors (Lipinski definition) is 1. The Morgan fingerprint density at radius 1 is 1.08 bits per heavy atom. The Kier molecular flexibility index (Phi) is 4.44. The van der Waals surface area contributed by atoms with Crippen molar-refractivity contribution in [1.82, 2.24) is 0 Å². The van der Waals surface area contributed by atoms with Gasteiger partial charge in [-0.25, -0.2) is 9.18 Å². The first kappa shape index (κ1) is 16.2. The van der Waals surface area contributed by atoms with Gasteiger partial charge in [0.2, 0.25) is 0 Å². The Labute approximate surface area is 143 Å². The number of allylic oxidation sites excluding steroid dienone is 1. The number of benzene rings is 2. The topological polar surface area (TPSA) is 74.2 Å². The van der Waals surface area contributed by atoms with Crippen LogP contribution >= 0.6 is 0 Å². The number of nitriles is 1. The molecule has 5 heteroatoms. The maximum absolute atomic E-state index is 13.3. The van der Waals surface area contributed by atoms with Crippen LogP contribution in [-0.4, -0.2) is 11.1 Å². The van der Waals surface area contributed by atoms with E-state index in [1.807, 2.05) is 6.07 Å². The quantitative estimate of drug-likeness (QED) is 0.693. The van der Waals surface area contributed by atoms with Crippen LogP contribution in [0.4, 0.5) is 4.39 Å². The second kappa shape index (κ2) is 6.85. The molecule has 0 unspecified atom stereocenters. The molecule has 1 heterocycles. The van der Waals surface area contributed by atoms with Gasteiger partial charge in [-0.15, -0.1) is 0 Å². The van der Waals surface area contributed by atoms with Crippen LogP contribution < -0.4 is 0 Å². The van der Waals surface area contributed by atoms with Gasteiger partial charge in [-0.05, 0) is 48.0 Å². The standard InChI is InChI=1S/C20H12FNO3/c21-17-6-2-3-13(10-17)16(12-22)11-18-7-8-19(25-18)14-4-1-5-15(9-14)20(23)24/h1-11H,(H,23,24)/b16-11-. The van der Waals surface area contributed by atoms with E-state index in [9.17, 15) is 14.4 Å². The van der Waals surface area contributed by atoms with Gasteiger partial charge in [-0.3, -0.25) is 0 Å². The molecule has 0 aliphatic rings. The van der Waals surface area contributed by atoms with Crippen molar-refractivity contribution in [3.63, 3.8) is 0 Å². The fourth-order valence-electron chi connectivity index (χ4n) is 2.37. The third kappa shape index (κ3) is 3.65. The van der Waals surface area contributed by atoms with E-state index in [2.05, 4.69) is 0 Å². The average molecular weight is 333 g/mol. The second-order valence-electron chi connectivity index (χ2n) is 5.27. The maximum Gasteiger partial charge on any atom is 0.335 e. The molecule has 0 bridgehead atoms. The van der Waals surface area contributed by atoms with Crippen molar-refractivity contribution in [1.29, 1.82) is 5.26 Å². The first-order chi connectivity index (χ1) is 12.1. The smallest absolute Gasteiger partial charge is 0.335 e. The summed E-state index contributed by atoms with van der Waals surface area (Å²) in [6, 6.07) is 17.5. The van der Waals surface area contributed by atoms with Gasteiger partial charge in [-0.2, -0.15) is 5.26 Å². The van der Waals surface area contributed by atoms with Crippen LogP contribution in [0.15, 0.2) is 65.1 Å². The third-order valence-corrected chi connectivity index (χ3v) is 3.56. The number of halogens is 1. The van der Waals surface area contributed by atoms with Crippen molar-refractivity contribution in [2.45, 2.75) is 0 Å². The van der Waals surface area contributed by atoms with Crippen molar-refractivity contribution in [3.05, 3.63) is 83.4 Å². The summed E-state index contributed by atoms with van der Waals surface area (Å²) in [4.78, 5) is 11.1. The monoisotopic (exact) mass is 333 g/mol. The van der Waals surface area contributed by atoms with E-state index < -0.39 is 11.8 Å². The second-order valence-corrected chi connectivity index (χ2v) is 5.27. The van der Waals surface area contributed by atoms with Gasteiger partial charge in [0, 0.05) is 5.56 Å². The molecule has 2 aromatic carbocycles. The van der Waals surface area contributed by atoms with Crippen molar-refractivity contribution in [3.8, 4) is 17.4 Å². The number of carbonyl (C=O) groups is 1. The van der Waals surface area contributed by atoms with E-state index in [0.717, 1.165) is 0 Å².